The molecule has 1 saturated heterocycles. The molecule has 1 fully saturated rings. The second kappa shape index (κ2) is 9.41. The maximum atomic E-state index is 12.8. The molecule has 3 rings (SSSR count). The summed E-state index contributed by atoms with van der Waals surface area (Å²) in [5.74, 6) is -2.53. The molecule has 10 nitrogen and oxygen atoms in total. The lowest BCUT2D eigenvalue weighted by Crippen LogP contribution is -2.60. The number of carbonyl (C=O) groups is 2. The summed E-state index contributed by atoms with van der Waals surface area (Å²) in [7, 11) is 0. The zero-order chi connectivity index (χ0) is 22.7. The van der Waals surface area contributed by atoms with E-state index in [9.17, 15) is 30.0 Å². The molecule has 1 aliphatic heterocycles. The standard InChI is InChI=1S/C21H23NO9/c1-10-11(9-23)5-4-8-13(10)22-14-7-3-2-6-12(14)20(29)31-21-17(26)15(24)16(25)18(30-21)19(27)28/h2-8,15-18,21-26H,9H2,1H3,(H,27,28)/t15-,16-,17+,18-,21-/m0/s1. The first-order valence-electron chi connectivity index (χ1n) is 9.43. The van der Waals surface area contributed by atoms with Crippen LogP contribution in [-0.2, 0) is 20.9 Å². The molecule has 5 atom stereocenters. The minimum atomic E-state index is -1.89. The average Bonchev–Trinajstić information content (AvgIpc) is 2.75. The number of carbonyl (C=O) groups excluding carboxylic acids is 1. The largest absolute Gasteiger partial charge is 0.479 e. The molecule has 10 heteroatoms. The molecule has 0 unspecified atom stereocenters. The van der Waals surface area contributed by atoms with E-state index < -0.39 is 42.6 Å². The van der Waals surface area contributed by atoms with Gasteiger partial charge in [-0.2, -0.15) is 0 Å². The van der Waals surface area contributed by atoms with Gasteiger partial charge in [-0.1, -0.05) is 24.3 Å². The van der Waals surface area contributed by atoms with Crippen molar-refractivity contribution in [3.05, 3.63) is 59.2 Å². The number of aliphatic carboxylic acids is 1. The van der Waals surface area contributed by atoms with E-state index in [4.69, 9.17) is 14.6 Å². The van der Waals surface area contributed by atoms with Crippen LogP contribution in [0, 0.1) is 6.92 Å². The predicted molar refractivity (Wildman–Crippen MR) is 107 cm³/mol. The Morgan fingerprint density at radius 3 is 2.35 bits per heavy atom. The number of carboxylic acids is 1. The van der Waals surface area contributed by atoms with Gasteiger partial charge in [0.25, 0.3) is 0 Å². The zero-order valence-corrected chi connectivity index (χ0v) is 16.5. The lowest BCUT2D eigenvalue weighted by molar-refractivity contribution is -0.278. The fraction of sp³-hybridized carbons (Fsp3) is 0.333. The third kappa shape index (κ3) is 4.68. The van der Waals surface area contributed by atoms with Crippen LogP contribution in [0.3, 0.4) is 0 Å². The van der Waals surface area contributed by atoms with Crippen LogP contribution in [-0.4, -0.2) is 68.2 Å². The van der Waals surface area contributed by atoms with Gasteiger partial charge < -0.3 is 40.3 Å². The first kappa shape index (κ1) is 22.7. The number of rotatable bonds is 6. The molecule has 31 heavy (non-hydrogen) atoms. The van der Waals surface area contributed by atoms with Gasteiger partial charge in [0.2, 0.25) is 6.29 Å². The van der Waals surface area contributed by atoms with Crippen molar-refractivity contribution in [2.24, 2.45) is 0 Å². The summed E-state index contributed by atoms with van der Waals surface area (Å²) >= 11 is 0. The van der Waals surface area contributed by atoms with Crippen molar-refractivity contribution in [1.82, 2.24) is 0 Å². The van der Waals surface area contributed by atoms with E-state index in [1.54, 1.807) is 43.3 Å². The van der Waals surface area contributed by atoms with Gasteiger partial charge in [0.1, 0.15) is 18.3 Å². The van der Waals surface area contributed by atoms with E-state index in [2.05, 4.69) is 5.32 Å². The summed E-state index contributed by atoms with van der Waals surface area (Å²) in [5.41, 5.74) is 2.54. The lowest BCUT2D eigenvalue weighted by Gasteiger charge is -2.38. The predicted octanol–water partition coefficient (Wildman–Crippen LogP) is 0.280. The molecule has 0 bridgehead atoms. The SMILES string of the molecule is Cc1c(CO)cccc1Nc1ccccc1C(=O)O[C@@H]1O[C@H](C(=O)O)[C@@H](O)[C@H](O)[C@H]1O. The highest BCUT2D eigenvalue weighted by atomic mass is 16.7. The Labute approximate surface area is 177 Å². The van der Waals surface area contributed by atoms with Crippen LogP contribution in [0.25, 0.3) is 0 Å². The fourth-order valence-electron chi connectivity index (χ4n) is 3.22. The monoisotopic (exact) mass is 433 g/mol. The van der Waals surface area contributed by atoms with Gasteiger partial charge in [-0.15, -0.1) is 0 Å². The van der Waals surface area contributed by atoms with Crippen LogP contribution < -0.4 is 5.32 Å². The number of hydrogen-bond acceptors (Lipinski definition) is 9. The summed E-state index contributed by atoms with van der Waals surface area (Å²) in [6, 6.07) is 11.6. The van der Waals surface area contributed by atoms with Crippen LogP contribution >= 0.6 is 0 Å². The van der Waals surface area contributed by atoms with Crippen LogP contribution in [0.4, 0.5) is 11.4 Å². The molecular formula is C21H23NO9. The van der Waals surface area contributed by atoms with Crippen LogP contribution in [0.2, 0.25) is 0 Å². The number of nitrogens with one attached hydrogen (secondary N) is 1. The zero-order valence-electron chi connectivity index (χ0n) is 16.5. The van der Waals surface area contributed by atoms with Crippen molar-refractivity contribution < 1.29 is 44.6 Å². The molecule has 0 aromatic heterocycles. The molecular weight excluding hydrogens is 410 g/mol. The summed E-state index contributed by atoms with van der Waals surface area (Å²) < 4.78 is 10.1. The number of ether oxygens (including phenoxy) is 2. The van der Waals surface area contributed by atoms with E-state index in [0.717, 1.165) is 5.56 Å². The Hall–Kier alpha value is -3.02. The summed E-state index contributed by atoms with van der Waals surface area (Å²) in [4.78, 5) is 24.0. The molecule has 166 valence electrons. The summed E-state index contributed by atoms with van der Waals surface area (Å²) in [6.45, 7) is 1.65. The highest BCUT2D eigenvalue weighted by Gasteiger charge is 2.48. The van der Waals surface area contributed by atoms with Crippen LogP contribution in [0.5, 0.6) is 0 Å². The molecule has 0 radical (unpaired) electrons. The Kier molecular flexibility index (Phi) is 6.88. The molecule has 0 spiro atoms. The molecule has 0 saturated carbocycles. The van der Waals surface area contributed by atoms with Gasteiger partial charge in [0.15, 0.2) is 6.10 Å². The van der Waals surface area contributed by atoms with E-state index >= 15 is 0 Å². The molecule has 2 aromatic rings. The van der Waals surface area contributed by atoms with E-state index in [1.165, 1.54) is 6.07 Å². The number of esters is 1. The number of hydrogen-bond donors (Lipinski definition) is 6. The van der Waals surface area contributed by atoms with Gasteiger partial charge in [0.05, 0.1) is 17.9 Å². The highest BCUT2D eigenvalue weighted by Crippen LogP contribution is 2.28. The summed E-state index contributed by atoms with van der Waals surface area (Å²) in [6.07, 6.45) is -9.31. The Morgan fingerprint density at radius 1 is 1.00 bits per heavy atom. The maximum Gasteiger partial charge on any atom is 0.342 e. The van der Waals surface area contributed by atoms with Gasteiger partial charge in [-0.25, -0.2) is 9.59 Å². The van der Waals surface area contributed by atoms with Gasteiger partial charge in [-0.05, 0) is 36.2 Å². The quantitative estimate of drug-likeness (QED) is 0.348. The average molecular weight is 433 g/mol. The van der Waals surface area contributed by atoms with Crippen molar-refractivity contribution in [1.29, 1.82) is 0 Å². The Balaban J connectivity index is 1.83. The fourth-order valence-corrected chi connectivity index (χ4v) is 3.22. The maximum absolute atomic E-state index is 12.8. The van der Waals surface area contributed by atoms with Crippen LogP contribution in [0.1, 0.15) is 21.5 Å². The molecule has 2 aromatic carbocycles. The van der Waals surface area contributed by atoms with Gasteiger partial charge in [0, 0.05) is 5.69 Å². The number of benzene rings is 2. The third-order valence-electron chi connectivity index (χ3n) is 5.07. The topological polar surface area (TPSA) is 166 Å². The number of anilines is 2. The number of para-hydroxylation sites is 1. The van der Waals surface area contributed by atoms with Crippen molar-refractivity contribution in [2.75, 3.05) is 5.32 Å². The highest BCUT2D eigenvalue weighted by molar-refractivity contribution is 5.96. The van der Waals surface area contributed by atoms with Gasteiger partial charge >= 0.3 is 11.9 Å². The van der Waals surface area contributed by atoms with Crippen molar-refractivity contribution in [3.8, 4) is 0 Å². The number of aliphatic hydroxyl groups is 4. The number of aliphatic hydroxyl groups excluding tert-OH is 4. The molecule has 1 heterocycles. The minimum absolute atomic E-state index is 0.0552. The second-order valence-electron chi connectivity index (χ2n) is 7.06. The van der Waals surface area contributed by atoms with Crippen molar-refractivity contribution in [3.63, 3.8) is 0 Å². The minimum Gasteiger partial charge on any atom is -0.479 e. The first-order valence-corrected chi connectivity index (χ1v) is 9.43. The smallest absolute Gasteiger partial charge is 0.342 e. The first-order chi connectivity index (χ1) is 14.7. The molecule has 1 aliphatic rings. The molecule has 0 aliphatic carbocycles. The Bertz CT molecular complexity index is 964. The molecule has 6 N–H and O–H groups in total. The second-order valence-corrected chi connectivity index (χ2v) is 7.06. The lowest BCUT2D eigenvalue weighted by atomic mass is 9.99. The van der Waals surface area contributed by atoms with Gasteiger partial charge in [-0.3, -0.25) is 0 Å². The summed E-state index contributed by atoms with van der Waals surface area (Å²) in [5, 5.41) is 51.3. The normalized spacial score (nSPS) is 25.6. The Morgan fingerprint density at radius 2 is 1.68 bits per heavy atom. The van der Waals surface area contributed by atoms with Crippen molar-refractivity contribution >= 4 is 23.3 Å². The van der Waals surface area contributed by atoms with E-state index in [0.29, 0.717) is 16.9 Å². The number of carboxylic acid groups (broad SMARTS) is 1. The molecule has 0 amide bonds. The van der Waals surface area contributed by atoms with E-state index in [1.807, 2.05) is 0 Å². The van der Waals surface area contributed by atoms with E-state index in [-0.39, 0.29) is 12.2 Å². The van der Waals surface area contributed by atoms with Crippen molar-refractivity contribution in [2.45, 2.75) is 44.2 Å². The van der Waals surface area contributed by atoms with Crippen LogP contribution in [0.15, 0.2) is 42.5 Å². The third-order valence-corrected chi connectivity index (χ3v) is 5.07.